The normalized spacial score (nSPS) is 11.6. The summed E-state index contributed by atoms with van der Waals surface area (Å²) >= 11 is 9.26. The molecule has 0 aliphatic carbocycles. The van der Waals surface area contributed by atoms with Crippen LogP contribution < -0.4 is 10.6 Å². The second-order valence-corrected chi connectivity index (χ2v) is 10.4. The van der Waals surface area contributed by atoms with Crippen LogP contribution in [-0.4, -0.2) is 33.1 Å². The third kappa shape index (κ3) is 4.11. The maximum atomic E-state index is 12.8. The molecule has 0 unspecified atom stereocenters. The van der Waals surface area contributed by atoms with E-state index in [1.165, 1.54) is 0 Å². The predicted octanol–water partition coefficient (Wildman–Crippen LogP) is 4.38. The standard InChI is InChI=1S/C16H16BrClN5OP/c1-10-7-20-23(9-10)11-4-5-13(14(6-11)25(2,3)24)21-15-12(17)8-19-16(18)22-15/h4-9H,1-3H3,(H,19,21,22). The number of aryl methyl sites for hydroxylation is 1. The van der Waals surface area contributed by atoms with E-state index in [-0.39, 0.29) is 5.28 Å². The Morgan fingerprint density at radius 1 is 1.28 bits per heavy atom. The molecule has 0 aliphatic heterocycles. The lowest BCUT2D eigenvalue weighted by Crippen LogP contribution is -2.12. The molecule has 1 aromatic carbocycles. The molecule has 3 aromatic rings. The summed E-state index contributed by atoms with van der Waals surface area (Å²) in [4.78, 5) is 8.07. The summed E-state index contributed by atoms with van der Waals surface area (Å²) in [7, 11) is -2.56. The Bertz CT molecular complexity index is 984. The van der Waals surface area contributed by atoms with E-state index in [1.807, 2.05) is 31.3 Å². The van der Waals surface area contributed by atoms with Gasteiger partial charge in [-0.15, -0.1) is 0 Å². The molecular formula is C16H16BrClN5OP. The highest BCUT2D eigenvalue weighted by Crippen LogP contribution is 2.39. The Balaban J connectivity index is 2.07. The molecule has 9 heteroatoms. The molecule has 2 heterocycles. The van der Waals surface area contributed by atoms with Crippen LogP contribution in [0.25, 0.3) is 5.69 Å². The molecule has 0 fully saturated rings. The van der Waals surface area contributed by atoms with Crippen LogP contribution in [0.15, 0.2) is 41.3 Å². The van der Waals surface area contributed by atoms with E-state index in [0.29, 0.717) is 21.3 Å². The second kappa shape index (κ2) is 6.90. The van der Waals surface area contributed by atoms with Gasteiger partial charge >= 0.3 is 0 Å². The fraction of sp³-hybridized carbons (Fsp3) is 0.188. The maximum absolute atomic E-state index is 12.8. The van der Waals surface area contributed by atoms with E-state index in [0.717, 1.165) is 11.3 Å². The Hall–Kier alpha value is -1.69. The minimum absolute atomic E-state index is 0.132. The van der Waals surface area contributed by atoms with Crippen molar-refractivity contribution in [2.45, 2.75) is 6.92 Å². The van der Waals surface area contributed by atoms with Gasteiger partial charge in [0.2, 0.25) is 5.28 Å². The minimum atomic E-state index is -2.56. The molecule has 0 saturated carbocycles. The molecule has 0 spiro atoms. The van der Waals surface area contributed by atoms with Gasteiger partial charge in [0.1, 0.15) is 13.0 Å². The average molecular weight is 441 g/mol. The molecule has 6 nitrogen and oxygen atoms in total. The van der Waals surface area contributed by atoms with Gasteiger partial charge < -0.3 is 9.88 Å². The SMILES string of the molecule is Cc1cnn(-c2ccc(Nc3nc(Cl)ncc3Br)c(P(C)(C)=O)c2)c1. The number of nitrogens with zero attached hydrogens (tertiary/aromatic N) is 4. The van der Waals surface area contributed by atoms with Crippen molar-refractivity contribution in [2.75, 3.05) is 18.6 Å². The van der Waals surface area contributed by atoms with Crippen molar-refractivity contribution in [1.82, 2.24) is 19.7 Å². The van der Waals surface area contributed by atoms with Crippen molar-refractivity contribution >= 4 is 51.5 Å². The Morgan fingerprint density at radius 3 is 2.68 bits per heavy atom. The van der Waals surface area contributed by atoms with Gasteiger partial charge in [0, 0.05) is 17.7 Å². The van der Waals surface area contributed by atoms with Gasteiger partial charge in [-0.2, -0.15) is 10.1 Å². The molecule has 3 rings (SSSR count). The van der Waals surface area contributed by atoms with Crippen molar-refractivity contribution in [3.05, 3.63) is 52.1 Å². The van der Waals surface area contributed by atoms with Gasteiger partial charge in [-0.05, 0) is 71.5 Å². The van der Waals surface area contributed by atoms with Crippen molar-refractivity contribution in [3.63, 3.8) is 0 Å². The lowest BCUT2D eigenvalue weighted by Gasteiger charge is -2.17. The topological polar surface area (TPSA) is 72.7 Å². The zero-order chi connectivity index (χ0) is 18.2. The number of hydrogen-bond donors (Lipinski definition) is 1. The highest BCUT2D eigenvalue weighted by atomic mass is 79.9. The average Bonchev–Trinajstić information content (AvgIpc) is 2.97. The smallest absolute Gasteiger partial charge is 0.224 e. The first-order valence-corrected chi connectivity index (χ1v) is 11.2. The summed E-state index contributed by atoms with van der Waals surface area (Å²) in [6.07, 6.45) is 5.27. The van der Waals surface area contributed by atoms with E-state index < -0.39 is 7.14 Å². The van der Waals surface area contributed by atoms with Crippen LogP contribution in [0.5, 0.6) is 0 Å². The van der Waals surface area contributed by atoms with Crippen LogP contribution in [-0.2, 0) is 4.57 Å². The van der Waals surface area contributed by atoms with Gasteiger partial charge in [0.05, 0.1) is 22.0 Å². The molecular weight excluding hydrogens is 425 g/mol. The maximum Gasteiger partial charge on any atom is 0.224 e. The summed E-state index contributed by atoms with van der Waals surface area (Å²) in [5.74, 6) is 0.511. The van der Waals surface area contributed by atoms with Crippen LogP contribution in [0.3, 0.4) is 0 Å². The summed E-state index contributed by atoms with van der Waals surface area (Å²) in [6, 6.07) is 5.65. The highest BCUT2D eigenvalue weighted by Gasteiger charge is 2.19. The zero-order valence-electron chi connectivity index (χ0n) is 13.9. The number of halogens is 2. The fourth-order valence-corrected chi connectivity index (χ4v) is 3.91. The molecule has 130 valence electrons. The van der Waals surface area contributed by atoms with E-state index >= 15 is 0 Å². The van der Waals surface area contributed by atoms with Crippen molar-refractivity contribution in [3.8, 4) is 5.69 Å². The summed E-state index contributed by atoms with van der Waals surface area (Å²) in [6.45, 7) is 5.43. The number of nitrogens with one attached hydrogen (secondary N) is 1. The largest absolute Gasteiger partial charge is 0.339 e. The molecule has 1 N–H and O–H groups in total. The first kappa shape index (κ1) is 18.1. The van der Waals surface area contributed by atoms with Crippen LogP contribution in [0.1, 0.15) is 5.56 Å². The third-order valence-corrected chi connectivity index (χ3v) is 5.80. The molecule has 25 heavy (non-hydrogen) atoms. The number of aromatic nitrogens is 4. The number of anilines is 2. The Kier molecular flexibility index (Phi) is 5.00. The molecule has 0 amide bonds. The second-order valence-electron chi connectivity index (χ2n) is 5.98. The van der Waals surface area contributed by atoms with Gasteiger partial charge in [-0.25, -0.2) is 9.67 Å². The Morgan fingerprint density at radius 2 is 2.04 bits per heavy atom. The molecule has 0 saturated heterocycles. The van der Waals surface area contributed by atoms with Gasteiger partial charge in [0.25, 0.3) is 0 Å². The van der Waals surface area contributed by atoms with Gasteiger partial charge in [0.15, 0.2) is 0 Å². The molecule has 2 aromatic heterocycles. The van der Waals surface area contributed by atoms with Crippen LogP contribution >= 0.6 is 34.7 Å². The first-order valence-electron chi connectivity index (χ1n) is 7.40. The van der Waals surface area contributed by atoms with Gasteiger partial charge in [-0.3, -0.25) is 0 Å². The van der Waals surface area contributed by atoms with Crippen molar-refractivity contribution in [1.29, 1.82) is 0 Å². The predicted molar refractivity (Wildman–Crippen MR) is 105 cm³/mol. The van der Waals surface area contributed by atoms with Crippen molar-refractivity contribution < 1.29 is 4.57 Å². The Labute approximate surface area is 159 Å². The lowest BCUT2D eigenvalue weighted by atomic mass is 10.2. The van der Waals surface area contributed by atoms with E-state index in [1.54, 1.807) is 30.4 Å². The van der Waals surface area contributed by atoms with Crippen LogP contribution in [0, 0.1) is 6.92 Å². The molecule has 0 radical (unpaired) electrons. The summed E-state index contributed by atoms with van der Waals surface area (Å²) in [5.41, 5.74) is 2.60. The van der Waals surface area contributed by atoms with E-state index in [9.17, 15) is 4.57 Å². The summed E-state index contributed by atoms with van der Waals surface area (Å²) in [5, 5.41) is 8.34. The van der Waals surface area contributed by atoms with Crippen LogP contribution in [0.2, 0.25) is 5.28 Å². The van der Waals surface area contributed by atoms with Crippen molar-refractivity contribution in [2.24, 2.45) is 0 Å². The van der Waals surface area contributed by atoms with E-state index in [2.05, 4.69) is 36.3 Å². The quantitative estimate of drug-likeness (QED) is 0.481. The number of rotatable bonds is 4. The first-order chi connectivity index (χ1) is 11.7. The third-order valence-electron chi connectivity index (χ3n) is 3.51. The number of benzene rings is 1. The minimum Gasteiger partial charge on any atom is -0.339 e. The fourth-order valence-electron chi connectivity index (χ4n) is 2.33. The van der Waals surface area contributed by atoms with Gasteiger partial charge in [-0.1, -0.05) is 0 Å². The van der Waals surface area contributed by atoms with E-state index in [4.69, 9.17) is 11.6 Å². The highest BCUT2D eigenvalue weighted by molar-refractivity contribution is 9.10. The molecule has 0 bridgehead atoms. The van der Waals surface area contributed by atoms with Crippen LogP contribution in [0.4, 0.5) is 11.5 Å². The lowest BCUT2D eigenvalue weighted by molar-refractivity contribution is 0.588. The monoisotopic (exact) mass is 439 g/mol. The summed E-state index contributed by atoms with van der Waals surface area (Å²) < 4.78 is 15.3. The number of hydrogen-bond acceptors (Lipinski definition) is 5. The zero-order valence-corrected chi connectivity index (χ0v) is 17.1. The molecule has 0 atom stereocenters. The molecule has 0 aliphatic rings.